The van der Waals surface area contributed by atoms with E-state index in [0.717, 1.165) is 11.8 Å². The van der Waals surface area contributed by atoms with Gasteiger partial charge in [0.25, 0.3) is 5.56 Å². The number of H-pyrrole nitrogens is 1. The number of esters is 1. The van der Waals surface area contributed by atoms with Gasteiger partial charge in [-0.25, -0.2) is 4.98 Å². The van der Waals surface area contributed by atoms with E-state index >= 15 is 0 Å². The maximum absolute atomic E-state index is 11.1. The number of ether oxygens (including phenoxy) is 1. The van der Waals surface area contributed by atoms with Crippen LogP contribution in [0.1, 0.15) is 13.3 Å². The molecule has 0 saturated heterocycles. The summed E-state index contributed by atoms with van der Waals surface area (Å²) < 4.78 is 4.70. The van der Waals surface area contributed by atoms with Gasteiger partial charge < -0.3 is 20.6 Å². The van der Waals surface area contributed by atoms with Crippen molar-refractivity contribution in [3.8, 4) is 0 Å². The zero-order valence-corrected chi connectivity index (χ0v) is 10.7. The number of aliphatic hydroxyl groups is 1. The lowest BCUT2D eigenvalue weighted by Crippen LogP contribution is -2.18. The molecule has 0 aromatic carbocycles. The van der Waals surface area contributed by atoms with Gasteiger partial charge in [0.15, 0.2) is 5.16 Å². The largest absolute Gasteiger partial charge is 0.466 e. The summed E-state index contributed by atoms with van der Waals surface area (Å²) in [5.41, 5.74) is 5.05. The molecule has 0 amide bonds. The molecule has 0 saturated carbocycles. The van der Waals surface area contributed by atoms with Gasteiger partial charge in [0.2, 0.25) is 0 Å². The van der Waals surface area contributed by atoms with E-state index in [4.69, 9.17) is 10.5 Å². The maximum atomic E-state index is 11.1. The zero-order chi connectivity index (χ0) is 13.5. The number of nitrogens with one attached hydrogen (secondary N) is 1. The van der Waals surface area contributed by atoms with Crippen LogP contribution in [0.3, 0.4) is 0 Å². The Morgan fingerprint density at radius 3 is 3.06 bits per heavy atom. The van der Waals surface area contributed by atoms with E-state index < -0.39 is 12.1 Å². The lowest BCUT2D eigenvalue weighted by molar-refractivity contribution is -0.144. The number of anilines is 1. The molecular weight excluding hydrogens is 258 g/mol. The Bertz CT molecular complexity index is 463. The van der Waals surface area contributed by atoms with Crippen molar-refractivity contribution in [1.82, 2.24) is 9.97 Å². The highest BCUT2D eigenvalue weighted by molar-refractivity contribution is 7.99. The smallest absolute Gasteiger partial charge is 0.308 e. The van der Waals surface area contributed by atoms with Crippen molar-refractivity contribution in [3.63, 3.8) is 0 Å². The Hall–Kier alpha value is -1.54. The highest BCUT2D eigenvalue weighted by atomic mass is 32.2. The molecule has 100 valence electrons. The van der Waals surface area contributed by atoms with Crippen LogP contribution in [0.2, 0.25) is 0 Å². The molecule has 8 heteroatoms. The summed E-state index contributed by atoms with van der Waals surface area (Å²) in [4.78, 5) is 28.5. The molecule has 7 nitrogen and oxygen atoms in total. The van der Waals surface area contributed by atoms with Crippen molar-refractivity contribution >= 4 is 23.5 Å². The second kappa shape index (κ2) is 7.02. The lowest BCUT2D eigenvalue weighted by Gasteiger charge is -2.08. The maximum Gasteiger partial charge on any atom is 0.308 e. The number of carbonyl (C=O) groups is 1. The molecular formula is C10H15N3O4S. The standard InChI is InChI=1S/C10H15N3O4S/c1-2-17-9(16)3-6(14)5-18-10-12-7(11)4-8(15)13-10/h4,6,14H,2-3,5H2,1H3,(H3,11,12,13,15). The van der Waals surface area contributed by atoms with Crippen LogP contribution in [0.25, 0.3) is 0 Å². The van der Waals surface area contributed by atoms with Gasteiger partial charge in [0.1, 0.15) is 5.82 Å². The second-order valence-corrected chi connectivity index (χ2v) is 4.46. The molecule has 18 heavy (non-hydrogen) atoms. The molecule has 4 N–H and O–H groups in total. The summed E-state index contributed by atoms with van der Waals surface area (Å²) >= 11 is 1.11. The van der Waals surface area contributed by atoms with Crippen LogP contribution in [0.15, 0.2) is 16.0 Å². The minimum absolute atomic E-state index is 0.0899. The van der Waals surface area contributed by atoms with E-state index in [0.29, 0.717) is 5.16 Å². The summed E-state index contributed by atoms with van der Waals surface area (Å²) in [5, 5.41) is 9.88. The zero-order valence-electron chi connectivity index (χ0n) is 9.88. The second-order valence-electron chi connectivity index (χ2n) is 3.45. The minimum atomic E-state index is -0.860. The fourth-order valence-electron chi connectivity index (χ4n) is 1.17. The van der Waals surface area contributed by atoms with E-state index in [1.807, 2.05) is 0 Å². The molecule has 1 heterocycles. The van der Waals surface area contributed by atoms with Gasteiger partial charge in [-0.05, 0) is 6.92 Å². The average Bonchev–Trinajstić information content (AvgIpc) is 2.25. The van der Waals surface area contributed by atoms with Crippen LogP contribution in [0.4, 0.5) is 5.82 Å². The van der Waals surface area contributed by atoms with E-state index in [1.165, 1.54) is 6.07 Å². The van der Waals surface area contributed by atoms with Crippen molar-refractivity contribution in [2.75, 3.05) is 18.1 Å². The Kier molecular flexibility index (Phi) is 5.66. The van der Waals surface area contributed by atoms with Crippen molar-refractivity contribution in [1.29, 1.82) is 0 Å². The van der Waals surface area contributed by atoms with Gasteiger partial charge in [-0.2, -0.15) is 0 Å². The van der Waals surface area contributed by atoms with E-state index in [1.54, 1.807) is 6.92 Å². The SMILES string of the molecule is CCOC(=O)CC(O)CSc1nc(N)cc(=O)[nH]1. The first-order chi connectivity index (χ1) is 8.51. The topological polar surface area (TPSA) is 118 Å². The van der Waals surface area contributed by atoms with Crippen molar-refractivity contribution in [2.24, 2.45) is 0 Å². The number of rotatable bonds is 6. The van der Waals surface area contributed by atoms with Crippen LogP contribution in [-0.4, -0.2) is 39.5 Å². The van der Waals surface area contributed by atoms with Crippen LogP contribution in [0.5, 0.6) is 0 Å². The Morgan fingerprint density at radius 1 is 1.72 bits per heavy atom. The van der Waals surface area contributed by atoms with Crippen LogP contribution in [-0.2, 0) is 9.53 Å². The van der Waals surface area contributed by atoms with Crippen LogP contribution < -0.4 is 11.3 Å². The fraction of sp³-hybridized carbons (Fsp3) is 0.500. The highest BCUT2D eigenvalue weighted by Gasteiger charge is 2.12. The fourth-order valence-corrected chi connectivity index (χ4v) is 1.98. The number of carbonyl (C=O) groups excluding carboxylic acids is 1. The number of hydrogen-bond acceptors (Lipinski definition) is 7. The molecule has 0 aliphatic heterocycles. The van der Waals surface area contributed by atoms with Gasteiger partial charge in [0.05, 0.1) is 19.1 Å². The summed E-state index contributed by atoms with van der Waals surface area (Å²) in [6.45, 7) is 1.98. The van der Waals surface area contributed by atoms with Crippen molar-refractivity contribution in [2.45, 2.75) is 24.6 Å². The molecule has 0 aliphatic rings. The van der Waals surface area contributed by atoms with Gasteiger partial charge in [-0.1, -0.05) is 11.8 Å². The highest BCUT2D eigenvalue weighted by Crippen LogP contribution is 2.14. The normalized spacial score (nSPS) is 12.1. The first kappa shape index (κ1) is 14.5. The van der Waals surface area contributed by atoms with E-state index in [2.05, 4.69) is 9.97 Å². The Morgan fingerprint density at radius 2 is 2.44 bits per heavy atom. The number of aromatic amines is 1. The monoisotopic (exact) mass is 273 g/mol. The molecule has 0 spiro atoms. The molecule has 1 unspecified atom stereocenters. The molecule has 1 rings (SSSR count). The molecule has 0 fully saturated rings. The quantitative estimate of drug-likeness (QED) is 0.372. The Balaban J connectivity index is 2.44. The van der Waals surface area contributed by atoms with E-state index in [-0.39, 0.29) is 30.2 Å². The average molecular weight is 273 g/mol. The van der Waals surface area contributed by atoms with Gasteiger partial charge >= 0.3 is 5.97 Å². The predicted molar refractivity (Wildman–Crippen MR) is 67.3 cm³/mol. The Labute approximate surface area is 108 Å². The number of thioether (sulfide) groups is 1. The summed E-state index contributed by atoms with van der Waals surface area (Å²) in [6.07, 6.45) is -0.950. The molecule has 0 aliphatic carbocycles. The van der Waals surface area contributed by atoms with Gasteiger partial charge in [0, 0.05) is 11.8 Å². The molecule has 1 atom stereocenters. The van der Waals surface area contributed by atoms with Gasteiger partial charge in [-0.3, -0.25) is 9.59 Å². The number of nitrogens with two attached hydrogens (primary N) is 1. The summed E-state index contributed by atoms with van der Waals surface area (Å²) in [5.74, 6) is -0.133. The number of aromatic nitrogens is 2. The number of hydrogen-bond donors (Lipinski definition) is 3. The molecule has 1 aromatic heterocycles. The predicted octanol–water partition coefficient (Wildman–Crippen LogP) is -0.242. The first-order valence-corrected chi connectivity index (χ1v) is 6.33. The van der Waals surface area contributed by atoms with Crippen LogP contribution >= 0.6 is 11.8 Å². The van der Waals surface area contributed by atoms with Crippen LogP contribution in [0, 0.1) is 0 Å². The summed E-state index contributed by atoms with van der Waals surface area (Å²) in [6, 6.07) is 1.17. The van der Waals surface area contributed by atoms with Gasteiger partial charge in [-0.15, -0.1) is 0 Å². The third-order valence-corrected chi connectivity index (χ3v) is 2.88. The number of nitrogens with zero attached hydrogens (tertiary/aromatic N) is 1. The lowest BCUT2D eigenvalue weighted by atomic mass is 10.3. The molecule has 0 radical (unpaired) electrons. The number of nitrogen functional groups attached to an aromatic ring is 1. The van der Waals surface area contributed by atoms with Crippen molar-refractivity contribution < 1.29 is 14.6 Å². The third kappa shape index (κ3) is 5.19. The van der Waals surface area contributed by atoms with Crippen molar-refractivity contribution in [3.05, 3.63) is 16.4 Å². The summed E-state index contributed by atoms with van der Waals surface area (Å²) in [7, 11) is 0. The minimum Gasteiger partial charge on any atom is -0.466 e. The number of aliphatic hydroxyl groups excluding tert-OH is 1. The molecule has 1 aromatic rings. The third-order valence-electron chi connectivity index (χ3n) is 1.86. The van der Waals surface area contributed by atoms with E-state index in [9.17, 15) is 14.7 Å². The molecule has 0 bridgehead atoms. The first-order valence-electron chi connectivity index (χ1n) is 5.34.